The zero-order chi connectivity index (χ0) is 21.0. The van der Waals surface area contributed by atoms with Gasteiger partial charge in [0.25, 0.3) is 5.69 Å². The van der Waals surface area contributed by atoms with E-state index in [1.54, 1.807) is 6.07 Å². The average molecular weight is 396 g/mol. The first-order valence-electron chi connectivity index (χ1n) is 9.96. The number of nitro groups is 1. The number of aromatic nitrogens is 1. The average Bonchev–Trinajstić information content (AvgIpc) is 2.72. The molecule has 1 amide bonds. The van der Waals surface area contributed by atoms with E-state index in [1.807, 2.05) is 4.90 Å². The first-order valence-corrected chi connectivity index (χ1v) is 9.96. The summed E-state index contributed by atoms with van der Waals surface area (Å²) in [5.41, 5.74) is 2.59. The van der Waals surface area contributed by atoms with Crippen LogP contribution in [0.25, 0.3) is 0 Å². The molecule has 154 valence electrons. The zero-order valence-electron chi connectivity index (χ0n) is 17.3. The van der Waals surface area contributed by atoms with Crippen LogP contribution in [0.3, 0.4) is 0 Å². The van der Waals surface area contributed by atoms with Gasteiger partial charge in [-0.05, 0) is 29.0 Å². The maximum atomic E-state index is 12.6. The van der Waals surface area contributed by atoms with Gasteiger partial charge in [-0.15, -0.1) is 0 Å². The maximum Gasteiger partial charge on any atom is 0.287 e. The van der Waals surface area contributed by atoms with E-state index in [0.717, 1.165) is 6.42 Å². The largest absolute Gasteiger partial charge is 0.353 e. The Balaban J connectivity index is 1.48. The van der Waals surface area contributed by atoms with Gasteiger partial charge < -0.3 is 9.80 Å². The van der Waals surface area contributed by atoms with E-state index >= 15 is 0 Å². The van der Waals surface area contributed by atoms with E-state index in [2.05, 4.69) is 54.9 Å². The molecule has 0 bridgehead atoms. The van der Waals surface area contributed by atoms with Crippen LogP contribution < -0.4 is 4.90 Å². The number of amides is 1. The molecular weight excluding hydrogens is 368 g/mol. The summed E-state index contributed by atoms with van der Waals surface area (Å²) in [4.78, 5) is 31.0. The van der Waals surface area contributed by atoms with Crippen LogP contribution >= 0.6 is 0 Å². The normalized spacial score (nSPS) is 14.7. The van der Waals surface area contributed by atoms with E-state index in [4.69, 9.17) is 0 Å². The summed E-state index contributed by atoms with van der Waals surface area (Å²) in [6, 6.07) is 11.7. The number of rotatable bonds is 5. The van der Waals surface area contributed by atoms with Crippen LogP contribution in [0.15, 0.2) is 42.6 Å². The van der Waals surface area contributed by atoms with E-state index < -0.39 is 4.92 Å². The second-order valence-electron chi connectivity index (χ2n) is 8.45. The third kappa shape index (κ3) is 5.31. The van der Waals surface area contributed by atoms with Crippen molar-refractivity contribution in [2.24, 2.45) is 0 Å². The van der Waals surface area contributed by atoms with Crippen LogP contribution in [0.4, 0.5) is 11.5 Å². The minimum absolute atomic E-state index is 0.0157. The highest BCUT2D eigenvalue weighted by Gasteiger charge is 2.22. The fourth-order valence-corrected chi connectivity index (χ4v) is 3.44. The molecule has 7 nitrogen and oxygen atoms in total. The SMILES string of the molecule is CC(C)(C)c1ccc(CCC(=O)N2CCN(c3ccc([N+](=O)[O-])cn3)CC2)cc1. The van der Waals surface area contributed by atoms with Gasteiger partial charge in [0, 0.05) is 38.7 Å². The van der Waals surface area contributed by atoms with Crippen molar-refractivity contribution in [1.82, 2.24) is 9.88 Å². The number of hydrogen-bond acceptors (Lipinski definition) is 5. The third-order valence-corrected chi connectivity index (χ3v) is 5.35. The summed E-state index contributed by atoms with van der Waals surface area (Å²) in [5, 5.41) is 10.7. The summed E-state index contributed by atoms with van der Waals surface area (Å²) in [5.74, 6) is 0.878. The highest BCUT2D eigenvalue weighted by molar-refractivity contribution is 5.76. The topological polar surface area (TPSA) is 79.6 Å². The molecule has 0 unspecified atom stereocenters. The predicted molar refractivity (Wildman–Crippen MR) is 113 cm³/mol. The first-order chi connectivity index (χ1) is 13.7. The molecule has 1 saturated heterocycles. The van der Waals surface area contributed by atoms with Crippen molar-refractivity contribution in [2.75, 3.05) is 31.1 Å². The number of hydrogen-bond donors (Lipinski definition) is 0. The van der Waals surface area contributed by atoms with Crippen LogP contribution in [0.5, 0.6) is 0 Å². The Labute approximate surface area is 171 Å². The number of benzene rings is 1. The second-order valence-corrected chi connectivity index (χ2v) is 8.45. The lowest BCUT2D eigenvalue weighted by Crippen LogP contribution is -2.49. The molecule has 0 aliphatic carbocycles. The highest BCUT2D eigenvalue weighted by atomic mass is 16.6. The fraction of sp³-hybridized carbons (Fsp3) is 0.455. The summed E-state index contributed by atoms with van der Waals surface area (Å²) < 4.78 is 0. The van der Waals surface area contributed by atoms with Gasteiger partial charge in [0.15, 0.2) is 0 Å². The van der Waals surface area contributed by atoms with Crippen molar-refractivity contribution < 1.29 is 9.72 Å². The quantitative estimate of drug-likeness (QED) is 0.570. The molecular formula is C22H28N4O3. The second kappa shape index (κ2) is 8.59. The van der Waals surface area contributed by atoms with Crippen molar-refractivity contribution in [3.63, 3.8) is 0 Å². The molecule has 0 atom stereocenters. The van der Waals surface area contributed by atoms with Crippen molar-refractivity contribution >= 4 is 17.4 Å². The predicted octanol–water partition coefficient (Wildman–Crippen LogP) is 3.57. The van der Waals surface area contributed by atoms with Gasteiger partial charge in [0.1, 0.15) is 12.0 Å². The number of carbonyl (C=O) groups excluding carboxylic acids is 1. The Morgan fingerprint density at radius 2 is 1.72 bits per heavy atom. The summed E-state index contributed by atoms with van der Waals surface area (Å²) in [6.45, 7) is 9.21. The number of piperazine rings is 1. The molecule has 1 fully saturated rings. The third-order valence-electron chi connectivity index (χ3n) is 5.35. The Morgan fingerprint density at radius 3 is 2.24 bits per heavy atom. The van der Waals surface area contributed by atoms with Crippen LogP contribution in [-0.2, 0) is 16.6 Å². The van der Waals surface area contributed by atoms with Gasteiger partial charge in [-0.1, -0.05) is 45.0 Å². The highest BCUT2D eigenvalue weighted by Crippen LogP contribution is 2.23. The van der Waals surface area contributed by atoms with Gasteiger partial charge in [-0.2, -0.15) is 0 Å². The minimum atomic E-state index is -0.454. The number of aryl methyl sites for hydroxylation is 1. The molecule has 0 N–H and O–H groups in total. The molecule has 1 aromatic carbocycles. The van der Waals surface area contributed by atoms with Gasteiger partial charge >= 0.3 is 0 Å². The monoisotopic (exact) mass is 396 g/mol. The Bertz CT molecular complexity index is 849. The van der Waals surface area contributed by atoms with Crippen LogP contribution in [0, 0.1) is 10.1 Å². The van der Waals surface area contributed by atoms with Crippen molar-refractivity contribution in [3.8, 4) is 0 Å². The van der Waals surface area contributed by atoms with Crippen LogP contribution in [0.2, 0.25) is 0 Å². The number of carbonyl (C=O) groups is 1. The lowest BCUT2D eigenvalue weighted by atomic mass is 9.86. The lowest BCUT2D eigenvalue weighted by Gasteiger charge is -2.35. The molecule has 2 aromatic rings. The molecule has 29 heavy (non-hydrogen) atoms. The number of nitrogens with zero attached hydrogens (tertiary/aromatic N) is 4. The van der Waals surface area contributed by atoms with E-state index in [0.29, 0.717) is 38.4 Å². The number of anilines is 1. The van der Waals surface area contributed by atoms with Crippen molar-refractivity contribution in [3.05, 3.63) is 63.8 Å². The maximum absolute atomic E-state index is 12.6. The molecule has 1 aromatic heterocycles. The van der Waals surface area contributed by atoms with Crippen LogP contribution in [-0.4, -0.2) is 46.9 Å². The summed E-state index contributed by atoms with van der Waals surface area (Å²) in [6.07, 6.45) is 2.52. The molecule has 0 radical (unpaired) electrons. The van der Waals surface area contributed by atoms with Crippen LogP contribution in [0.1, 0.15) is 38.3 Å². The summed E-state index contributed by atoms with van der Waals surface area (Å²) in [7, 11) is 0. The molecule has 1 aliphatic heterocycles. The molecule has 7 heteroatoms. The Kier molecular flexibility index (Phi) is 6.15. The van der Waals surface area contributed by atoms with Gasteiger partial charge in [-0.3, -0.25) is 14.9 Å². The Hall–Kier alpha value is -2.96. The molecule has 3 rings (SSSR count). The van der Waals surface area contributed by atoms with E-state index in [9.17, 15) is 14.9 Å². The van der Waals surface area contributed by atoms with Gasteiger partial charge in [0.2, 0.25) is 5.91 Å². The zero-order valence-corrected chi connectivity index (χ0v) is 17.3. The van der Waals surface area contributed by atoms with Gasteiger partial charge in [-0.25, -0.2) is 4.98 Å². The summed E-state index contributed by atoms with van der Waals surface area (Å²) >= 11 is 0. The standard InChI is InChI=1S/C22H28N4O3/c1-22(2,3)18-7-4-17(5-8-18)6-11-21(27)25-14-12-24(13-15-25)20-10-9-19(16-23-20)26(28)29/h4-5,7-10,16H,6,11-15H2,1-3H3. The van der Waals surface area contributed by atoms with Crippen molar-refractivity contribution in [1.29, 1.82) is 0 Å². The number of pyridine rings is 1. The van der Waals surface area contributed by atoms with E-state index in [1.165, 1.54) is 23.4 Å². The molecule has 2 heterocycles. The fourth-order valence-electron chi connectivity index (χ4n) is 3.44. The minimum Gasteiger partial charge on any atom is -0.353 e. The molecule has 0 saturated carbocycles. The van der Waals surface area contributed by atoms with Gasteiger partial charge in [0.05, 0.1) is 4.92 Å². The lowest BCUT2D eigenvalue weighted by molar-refractivity contribution is -0.385. The first kappa shape index (κ1) is 20.8. The van der Waals surface area contributed by atoms with E-state index in [-0.39, 0.29) is 17.0 Å². The smallest absolute Gasteiger partial charge is 0.287 e. The Morgan fingerprint density at radius 1 is 1.07 bits per heavy atom. The molecule has 0 spiro atoms. The molecule has 1 aliphatic rings. The van der Waals surface area contributed by atoms with Crippen molar-refractivity contribution in [2.45, 2.75) is 39.0 Å².